The van der Waals surface area contributed by atoms with E-state index in [9.17, 15) is 9.90 Å². The highest BCUT2D eigenvalue weighted by atomic mass is 79.9. The van der Waals surface area contributed by atoms with Crippen LogP contribution in [0.15, 0.2) is 28.9 Å². The van der Waals surface area contributed by atoms with Crippen LogP contribution in [-0.2, 0) is 6.42 Å². The van der Waals surface area contributed by atoms with Gasteiger partial charge in [0.25, 0.3) is 5.91 Å². The summed E-state index contributed by atoms with van der Waals surface area (Å²) in [6.07, 6.45) is 2.77. The molecule has 20 heavy (non-hydrogen) atoms. The predicted molar refractivity (Wildman–Crippen MR) is 83.2 cm³/mol. The molecule has 0 bridgehead atoms. The number of carbonyl (C=O) groups excluding carboxylic acids is 1. The molecule has 0 aliphatic carbocycles. The number of amides is 1. The van der Waals surface area contributed by atoms with E-state index in [1.165, 1.54) is 10.9 Å². The maximum atomic E-state index is 12.1. The van der Waals surface area contributed by atoms with Gasteiger partial charge in [-0.1, -0.05) is 22.9 Å². The van der Waals surface area contributed by atoms with E-state index >= 15 is 0 Å². The summed E-state index contributed by atoms with van der Waals surface area (Å²) in [5.41, 5.74) is 0.257. The molecule has 1 heterocycles. The summed E-state index contributed by atoms with van der Waals surface area (Å²) in [7, 11) is 0. The zero-order valence-corrected chi connectivity index (χ0v) is 13.6. The summed E-state index contributed by atoms with van der Waals surface area (Å²) in [5.74, 6) is -0.354. The van der Waals surface area contributed by atoms with Crippen LogP contribution >= 0.6 is 27.3 Å². The second kappa shape index (κ2) is 6.37. The minimum absolute atomic E-state index is 0.0440. The largest absolute Gasteiger partial charge is 0.507 e. The molecule has 0 aliphatic heterocycles. The molecule has 1 aromatic heterocycles. The van der Waals surface area contributed by atoms with Crippen LogP contribution < -0.4 is 5.32 Å². The molecule has 1 unspecified atom stereocenters. The number of benzene rings is 1. The third-order valence-electron chi connectivity index (χ3n) is 2.84. The van der Waals surface area contributed by atoms with E-state index in [1.807, 2.05) is 13.1 Å². The third kappa shape index (κ3) is 3.37. The molecular weight excluding hydrogens is 340 g/mol. The maximum absolute atomic E-state index is 12.1. The van der Waals surface area contributed by atoms with Crippen molar-refractivity contribution < 1.29 is 9.90 Å². The molecule has 0 fully saturated rings. The number of aromatic hydroxyl groups is 1. The van der Waals surface area contributed by atoms with Gasteiger partial charge in [-0.25, -0.2) is 4.98 Å². The SMILES string of the molecule is CCc1cnc(C(C)NC(=O)c2ccc(Br)cc2O)s1. The molecule has 1 atom stereocenters. The highest BCUT2D eigenvalue weighted by Crippen LogP contribution is 2.24. The lowest BCUT2D eigenvalue weighted by Gasteiger charge is -2.12. The number of nitrogens with one attached hydrogen (secondary N) is 1. The average molecular weight is 355 g/mol. The third-order valence-corrected chi connectivity index (χ3v) is 4.66. The van der Waals surface area contributed by atoms with Crippen LogP contribution in [0.2, 0.25) is 0 Å². The van der Waals surface area contributed by atoms with Gasteiger partial charge in [-0.2, -0.15) is 0 Å². The molecule has 106 valence electrons. The first-order chi connectivity index (χ1) is 9.51. The molecule has 1 aromatic carbocycles. The van der Waals surface area contributed by atoms with Crippen LogP contribution in [0.4, 0.5) is 0 Å². The Balaban J connectivity index is 2.10. The van der Waals surface area contributed by atoms with Crippen molar-refractivity contribution in [1.29, 1.82) is 0 Å². The quantitative estimate of drug-likeness (QED) is 0.880. The van der Waals surface area contributed by atoms with Crippen molar-refractivity contribution in [3.05, 3.63) is 44.3 Å². The number of aromatic nitrogens is 1. The Morgan fingerprint density at radius 1 is 1.55 bits per heavy atom. The first-order valence-corrected chi connectivity index (χ1v) is 7.86. The van der Waals surface area contributed by atoms with Crippen LogP contribution in [0.25, 0.3) is 0 Å². The molecule has 2 rings (SSSR count). The van der Waals surface area contributed by atoms with Crippen molar-refractivity contribution in [3.8, 4) is 5.75 Å². The maximum Gasteiger partial charge on any atom is 0.255 e. The van der Waals surface area contributed by atoms with E-state index in [4.69, 9.17) is 0 Å². The fourth-order valence-electron chi connectivity index (χ4n) is 1.72. The Hall–Kier alpha value is -1.40. The fourth-order valence-corrected chi connectivity index (χ4v) is 2.93. The number of nitrogens with zero attached hydrogens (tertiary/aromatic N) is 1. The van der Waals surface area contributed by atoms with Gasteiger partial charge in [0.05, 0.1) is 11.6 Å². The lowest BCUT2D eigenvalue weighted by Crippen LogP contribution is -2.26. The fraction of sp³-hybridized carbons (Fsp3) is 0.286. The lowest BCUT2D eigenvalue weighted by molar-refractivity contribution is 0.0937. The first kappa shape index (κ1) is 15.0. The van der Waals surface area contributed by atoms with Crippen molar-refractivity contribution in [1.82, 2.24) is 10.3 Å². The number of aryl methyl sites for hydroxylation is 1. The minimum Gasteiger partial charge on any atom is -0.507 e. The van der Waals surface area contributed by atoms with Crippen molar-refractivity contribution in [3.63, 3.8) is 0 Å². The number of thiazole rings is 1. The first-order valence-electron chi connectivity index (χ1n) is 6.25. The molecule has 1 amide bonds. The number of halogens is 1. The summed E-state index contributed by atoms with van der Waals surface area (Å²) in [6, 6.07) is 4.62. The number of hydrogen-bond donors (Lipinski definition) is 2. The van der Waals surface area contributed by atoms with Crippen LogP contribution in [-0.4, -0.2) is 16.0 Å². The number of phenolic OH excluding ortho intramolecular Hbond substituents is 1. The van der Waals surface area contributed by atoms with Crippen LogP contribution in [0.1, 0.15) is 40.1 Å². The Morgan fingerprint density at radius 3 is 2.90 bits per heavy atom. The smallest absolute Gasteiger partial charge is 0.255 e. The van der Waals surface area contributed by atoms with Gasteiger partial charge in [0.15, 0.2) is 0 Å². The molecule has 0 saturated carbocycles. The average Bonchev–Trinajstić information content (AvgIpc) is 2.87. The summed E-state index contributed by atoms with van der Waals surface area (Å²) < 4.78 is 0.729. The molecule has 2 aromatic rings. The van der Waals surface area contributed by atoms with Gasteiger partial charge in [0.1, 0.15) is 10.8 Å². The zero-order chi connectivity index (χ0) is 14.7. The van der Waals surface area contributed by atoms with Gasteiger partial charge >= 0.3 is 0 Å². The van der Waals surface area contributed by atoms with E-state index in [0.717, 1.165) is 15.9 Å². The minimum atomic E-state index is -0.309. The Labute approximate surface area is 130 Å². The zero-order valence-electron chi connectivity index (χ0n) is 11.2. The Morgan fingerprint density at radius 2 is 2.30 bits per heavy atom. The van der Waals surface area contributed by atoms with E-state index in [0.29, 0.717) is 0 Å². The monoisotopic (exact) mass is 354 g/mol. The van der Waals surface area contributed by atoms with Gasteiger partial charge in [0, 0.05) is 15.5 Å². The van der Waals surface area contributed by atoms with Crippen molar-refractivity contribution >= 4 is 33.2 Å². The Kier molecular flexibility index (Phi) is 4.77. The number of hydrogen-bond acceptors (Lipinski definition) is 4. The predicted octanol–water partition coefficient (Wildman–Crippen LogP) is 3.66. The summed E-state index contributed by atoms with van der Waals surface area (Å²) in [5, 5.41) is 13.5. The van der Waals surface area contributed by atoms with E-state index in [2.05, 4.69) is 33.2 Å². The molecule has 2 N–H and O–H groups in total. The molecule has 4 nitrogen and oxygen atoms in total. The summed E-state index contributed by atoms with van der Waals surface area (Å²) >= 11 is 4.83. The second-order valence-corrected chi connectivity index (χ2v) is 6.44. The van der Waals surface area contributed by atoms with Gasteiger partial charge < -0.3 is 10.4 Å². The molecule has 0 saturated heterocycles. The van der Waals surface area contributed by atoms with Crippen molar-refractivity contribution in [2.45, 2.75) is 26.3 Å². The van der Waals surface area contributed by atoms with Crippen LogP contribution in [0.5, 0.6) is 5.75 Å². The van der Waals surface area contributed by atoms with Crippen molar-refractivity contribution in [2.24, 2.45) is 0 Å². The van der Waals surface area contributed by atoms with Crippen LogP contribution in [0, 0.1) is 0 Å². The standard InChI is InChI=1S/C14H15BrN2O2S/c1-3-10-7-16-14(20-10)8(2)17-13(19)11-5-4-9(15)6-12(11)18/h4-8,18H,3H2,1-2H3,(H,17,19). The normalized spacial score (nSPS) is 12.2. The van der Waals surface area contributed by atoms with Crippen molar-refractivity contribution in [2.75, 3.05) is 0 Å². The van der Waals surface area contributed by atoms with E-state index in [-0.39, 0.29) is 23.3 Å². The van der Waals surface area contributed by atoms with Crippen LogP contribution in [0.3, 0.4) is 0 Å². The highest BCUT2D eigenvalue weighted by Gasteiger charge is 2.17. The van der Waals surface area contributed by atoms with E-state index in [1.54, 1.807) is 23.5 Å². The number of phenols is 1. The van der Waals surface area contributed by atoms with Gasteiger partial charge in [-0.15, -0.1) is 11.3 Å². The Bertz CT molecular complexity index is 627. The van der Waals surface area contributed by atoms with Gasteiger partial charge in [0.2, 0.25) is 0 Å². The topological polar surface area (TPSA) is 62.2 Å². The second-order valence-electron chi connectivity index (χ2n) is 4.37. The molecule has 0 aliphatic rings. The number of carbonyl (C=O) groups is 1. The van der Waals surface area contributed by atoms with Gasteiger partial charge in [-0.3, -0.25) is 4.79 Å². The summed E-state index contributed by atoms with van der Waals surface area (Å²) in [4.78, 5) is 17.6. The molecule has 0 radical (unpaired) electrons. The highest BCUT2D eigenvalue weighted by molar-refractivity contribution is 9.10. The van der Waals surface area contributed by atoms with Gasteiger partial charge in [-0.05, 0) is 31.5 Å². The number of rotatable bonds is 4. The summed E-state index contributed by atoms with van der Waals surface area (Å²) in [6.45, 7) is 3.95. The molecule has 6 heteroatoms. The van der Waals surface area contributed by atoms with E-state index < -0.39 is 0 Å². The molecular formula is C14H15BrN2O2S. The lowest BCUT2D eigenvalue weighted by atomic mass is 10.2. The molecule has 0 spiro atoms.